The van der Waals surface area contributed by atoms with Crippen LogP contribution in [0.3, 0.4) is 0 Å². The Morgan fingerprint density at radius 2 is 1.71 bits per heavy atom. The van der Waals surface area contributed by atoms with E-state index in [2.05, 4.69) is 59.3 Å². The van der Waals surface area contributed by atoms with Gasteiger partial charge in [0.05, 0.1) is 0 Å². The van der Waals surface area contributed by atoms with Crippen LogP contribution in [-0.4, -0.2) is 72.6 Å². The van der Waals surface area contributed by atoms with Gasteiger partial charge in [-0.2, -0.15) is 0 Å². The summed E-state index contributed by atoms with van der Waals surface area (Å²) < 4.78 is 0. The number of nitrogens with zero attached hydrogens (tertiary/aromatic N) is 3. The Kier molecular flexibility index (Phi) is 5.93. The van der Waals surface area contributed by atoms with Crippen LogP contribution in [0.5, 0.6) is 0 Å². The van der Waals surface area contributed by atoms with Crippen LogP contribution in [-0.2, 0) is 6.54 Å². The number of urea groups is 1. The molecular formula is C23H36N4O. The zero-order valence-corrected chi connectivity index (χ0v) is 17.6. The van der Waals surface area contributed by atoms with Crippen LogP contribution < -0.4 is 5.32 Å². The quantitative estimate of drug-likeness (QED) is 0.848. The second-order valence-electron chi connectivity index (χ2n) is 9.71. The monoisotopic (exact) mass is 384 g/mol. The molecule has 2 heterocycles. The standard InChI is InChI=1S/C23H36N4O/c1-23(2)18-26(17-19-6-4-3-5-7-19)11-10-21(23)24-22(28)27-14-12-25(13-15-27)16-20-8-9-20/h3-7,20-21H,8-18H2,1-2H3,(H,24,28). The molecule has 1 aliphatic carbocycles. The molecule has 3 fully saturated rings. The highest BCUT2D eigenvalue weighted by Gasteiger charge is 2.37. The summed E-state index contributed by atoms with van der Waals surface area (Å²) in [6.45, 7) is 12.7. The highest BCUT2D eigenvalue weighted by Crippen LogP contribution is 2.31. The number of benzene rings is 1. The lowest BCUT2D eigenvalue weighted by atomic mass is 9.79. The molecule has 1 aromatic carbocycles. The summed E-state index contributed by atoms with van der Waals surface area (Å²) in [4.78, 5) is 19.9. The van der Waals surface area contributed by atoms with Gasteiger partial charge < -0.3 is 10.2 Å². The van der Waals surface area contributed by atoms with Crippen LogP contribution in [0.25, 0.3) is 0 Å². The van der Waals surface area contributed by atoms with Gasteiger partial charge in [0.25, 0.3) is 0 Å². The molecule has 1 N–H and O–H groups in total. The lowest BCUT2D eigenvalue weighted by molar-refractivity contribution is 0.0694. The van der Waals surface area contributed by atoms with Crippen molar-refractivity contribution in [1.29, 1.82) is 0 Å². The van der Waals surface area contributed by atoms with Crippen molar-refractivity contribution in [2.45, 2.75) is 45.7 Å². The minimum Gasteiger partial charge on any atom is -0.335 e. The number of nitrogens with one attached hydrogen (secondary N) is 1. The summed E-state index contributed by atoms with van der Waals surface area (Å²) in [5.74, 6) is 0.933. The molecule has 1 saturated carbocycles. The fourth-order valence-electron chi connectivity index (χ4n) is 4.75. The molecule has 3 aliphatic rings. The number of piperazine rings is 1. The zero-order valence-electron chi connectivity index (χ0n) is 17.6. The summed E-state index contributed by atoms with van der Waals surface area (Å²) in [6.07, 6.45) is 3.82. The molecule has 1 aromatic rings. The molecular weight excluding hydrogens is 348 g/mol. The van der Waals surface area contributed by atoms with Crippen molar-refractivity contribution in [1.82, 2.24) is 20.0 Å². The van der Waals surface area contributed by atoms with E-state index in [-0.39, 0.29) is 17.5 Å². The summed E-state index contributed by atoms with van der Waals surface area (Å²) in [5, 5.41) is 3.37. The van der Waals surface area contributed by atoms with E-state index in [1.807, 2.05) is 4.90 Å². The molecule has 2 saturated heterocycles. The number of rotatable bonds is 5. The topological polar surface area (TPSA) is 38.8 Å². The number of piperidine rings is 1. The largest absolute Gasteiger partial charge is 0.335 e. The molecule has 0 radical (unpaired) electrons. The highest BCUT2D eigenvalue weighted by atomic mass is 16.2. The molecule has 5 nitrogen and oxygen atoms in total. The van der Waals surface area contributed by atoms with Gasteiger partial charge in [-0.1, -0.05) is 44.2 Å². The average molecular weight is 385 g/mol. The fraction of sp³-hybridized carbons (Fsp3) is 0.696. The molecule has 0 spiro atoms. The first-order valence-electron chi connectivity index (χ1n) is 11.0. The van der Waals surface area contributed by atoms with Gasteiger partial charge in [-0.15, -0.1) is 0 Å². The first-order chi connectivity index (χ1) is 13.5. The fourth-order valence-corrected chi connectivity index (χ4v) is 4.75. The van der Waals surface area contributed by atoms with Gasteiger partial charge in [0.1, 0.15) is 0 Å². The molecule has 1 unspecified atom stereocenters. The van der Waals surface area contributed by atoms with Crippen molar-refractivity contribution in [2.75, 3.05) is 45.8 Å². The van der Waals surface area contributed by atoms with E-state index in [0.717, 1.165) is 58.2 Å². The van der Waals surface area contributed by atoms with E-state index >= 15 is 0 Å². The number of amides is 2. The predicted molar refractivity (Wildman–Crippen MR) is 113 cm³/mol. The molecule has 28 heavy (non-hydrogen) atoms. The van der Waals surface area contributed by atoms with E-state index in [1.54, 1.807) is 0 Å². The van der Waals surface area contributed by atoms with E-state index in [1.165, 1.54) is 24.9 Å². The Bertz CT molecular complexity index is 650. The Morgan fingerprint density at radius 3 is 2.36 bits per heavy atom. The second kappa shape index (κ2) is 8.42. The van der Waals surface area contributed by atoms with Crippen LogP contribution in [0, 0.1) is 11.3 Å². The zero-order chi connectivity index (χ0) is 19.6. The third-order valence-corrected chi connectivity index (χ3v) is 6.73. The third kappa shape index (κ3) is 5.06. The van der Waals surface area contributed by atoms with E-state index in [9.17, 15) is 4.79 Å². The number of carbonyl (C=O) groups excluding carboxylic acids is 1. The lowest BCUT2D eigenvalue weighted by Gasteiger charge is -2.45. The maximum atomic E-state index is 12.9. The van der Waals surface area contributed by atoms with Gasteiger partial charge in [0.15, 0.2) is 0 Å². The van der Waals surface area contributed by atoms with Crippen LogP contribution >= 0.6 is 0 Å². The Morgan fingerprint density at radius 1 is 1.00 bits per heavy atom. The van der Waals surface area contributed by atoms with Crippen molar-refractivity contribution in [3.05, 3.63) is 35.9 Å². The minimum absolute atomic E-state index is 0.0798. The number of hydrogen-bond donors (Lipinski definition) is 1. The normalized spacial score (nSPS) is 26.2. The van der Waals surface area contributed by atoms with E-state index in [0.29, 0.717) is 0 Å². The maximum absolute atomic E-state index is 12.9. The van der Waals surface area contributed by atoms with Crippen LogP contribution in [0.1, 0.15) is 38.7 Å². The number of hydrogen-bond acceptors (Lipinski definition) is 3. The van der Waals surface area contributed by atoms with Gasteiger partial charge in [0.2, 0.25) is 0 Å². The van der Waals surface area contributed by atoms with Gasteiger partial charge in [-0.05, 0) is 36.2 Å². The lowest BCUT2D eigenvalue weighted by Crippen LogP contribution is -2.59. The van der Waals surface area contributed by atoms with Crippen LogP contribution in [0.2, 0.25) is 0 Å². The van der Waals surface area contributed by atoms with Gasteiger partial charge in [0, 0.05) is 58.4 Å². The maximum Gasteiger partial charge on any atom is 0.317 e. The van der Waals surface area contributed by atoms with Crippen molar-refractivity contribution in [3.8, 4) is 0 Å². The third-order valence-electron chi connectivity index (χ3n) is 6.73. The molecule has 5 heteroatoms. The average Bonchev–Trinajstić information content (AvgIpc) is 3.49. The molecule has 154 valence electrons. The summed E-state index contributed by atoms with van der Waals surface area (Å²) in [7, 11) is 0. The van der Waals surface area contributed by atoms with Crippen LogP contribution in [0.4, 0.5) is 4.79 Å². The van der Waals surface area contributed by atoms with Crippen LogP contribution in [0.15, 0.2) is 30.3 Å². The van der Waals surface area contributed by atoms with Crippen molar-refractivity contribution in [3.63, 3.8) is 0 Å². The van der Waals surface area contributed by atoms with Crippen molar-refractivity contribution >= 4 is 6.03 Å². The van der Waals surface area contributed by atoms with E-state index < -0.39 is 0 Å². The molecule has 2 aliphatic heterocycles. The Balaban J connectivity index is 1.25. The first-order valence-corrected chi connectivity index (χ1v) is 11.0. The number of likely N-dealkylation sites (tertiary alicyclic amines) is 1. The molecule has 0 aromatic heterocycles. The molecule has 1 atom stereocenters. The number of carbonyl (C=O) groups is 1. The Labute approximate surface area is 170 Å². The van der Waals surface area contributed by atoms with Gasteiger partial charge in [-0.3, -0.25) is 9.80 Å². The predicted octanol–water partition coefficient (Wildman–Crippen LogP) is 3.02. The SMILES string of the molecule is CC1(C)CN(Cc2ccccc2)CCC1NC(=O)N1CCN(CC2CC2)CC1. The van der Waals surface area contributed by atoms with Gasteiger partial charge >= 0.3 is 6.03 Å². The first kappa shape index (κ1) is 19.7. The molecule has 0 bridgehead atoms. The summed E-state index contributed by atoms with van der Waals surface area (Å²) in [6, 6.07) is 11.1. The van der Waals surface area contributed by atoms with Gasteiger partial charge in [-0.25, -0.2) is 4.79 Å². The second-order valence-corrected chi connectivity index (χ2v) is 9.71. The van der Waals surface area contributed by atoms with E-state index in [4.69, 9.17) is 0 Å². The molecule has 2 amide bonds. The Hall–Kier alpha value is -1.59. The van der Waals surface area contributed by atoms with Crippen molar-refractivity contribution in [2.24, 2.45) is 11.3 Å². The smallest absolute Gasteiger partial charge is 0.317 e. The minimum atomic E-state index is 0.0798. The van der Waals surface area contributed by atoms with Crippen molar-refractivity contribution < 1.29 is 4.79 Å². The highest BCUT2D eigenvalue weighted by molar-refractivity contribution is 5.74. The molecule has 4 rings (SSSR count). The summed E-state index contributed by atoms with van der Waals surface area (Å²) >= 11 is 0. The summed E-state index contributed by atoms with van der Waals surface area (Å²) in [5.41, 5.74) is 1.45.